The highest BCUT2D eigenvalue weighted by Crippen LogP contribution is 2.33. The number of nitrogens with one attached hydrogen (secondary N) is 1. The number of nitrogens with zero attached hydrogens (tertiary/aromatic N) is 2. The minimum Gasteiger partial charge on any atom is -0.331 e. The summed E-state index contributed by atoms with van der Waals surface area (Å²) < 4.78 is 2.32. The molecule has 0 saturated heterocycles. The molecular weight excluding hydrogens is 174 g/mol. The molecule has 3 nitrogen and oxygen atoms in total. The molecule has 1 N–H and O–H groups in total. The number of hydrogen-bond donors (Lipinski definition) is 1. The Labute approximate surface area is 85.5 Å². The molecule has 0 radical (unpaired) electrons. The van der Waals surface area contributed by atoms with Crippen LogP contribution < -0.4 is 5.32 Å². The smallest absolute Gasteiger partial charge is 0.0954 e. The Bertz CT molecular complexity index is 314. The molecule has 1 unspecified atom stereocenters. The molecule has 1 heterocycles. The number of hydrogen-bond acceptors (Lipinski definition) is 2. The van der Waals surface area contributed by atoms with Gasteiger partial charge < -0.3 is 9.88 Å². The molecule has 0 saturated carbocycles. The van der Waals surface area contributed by atoms with E-state index in [1.165, 1.54) is 17.8 Å². The summed E-state index contributed by atoms with van der Waals surface area (Å²) in [5.74, 6) is 0.667. The summed E-state index contributed by atoms with van der Waals surface area (Å²) >= 11 is 0. The van der Waals surface area contributed by atoms with E-state index in [1.807, 2.05) is 13.4 Å². The van der Waals surface area contributed by atoms with Gasteiger partial charge in [0.2, 0.25) is 0 Å². The third-order valence-corrected chi connectivity index (χ3v) is 3.03. The van der Waals surface area contributed by atoms with Gasteiger partial charge in [0.25, 0.3) is 0 Å². The minimum absolute atomic E-state index is 0.531. The van der Waals surface area contributed by atoms with Crippen LogP contribution in [0.2, 0.25) is 0 Å². The van der Waals surface area contributed by atoms with Crippen LogP contribution in [0.25, 0.3) is 0 Å². The van der Waals surface area contributed by atoms with Crippen molar-refractivity contribution in [1.29, 1.82) is 0 Å². The maximum Gasteiger partial charge on any atom is 0.0954 e. The average Bonchev–Trinajstić information content (AvgIpc) is 2.67. The fourth-order valence-corrected chi connectivity index (χ4v) is 2.35. The molecule has 1 aromatic rings. The topological polar surface area (TPSA) is 29.9 Å². The Balaban J connectivity index is 2.30. The fraction of sp³-hybridized carbons (Fsp3) is 0.727. The maximum absolute atomic E-state index is 4.49. The lowest BCUT2D eigenvalue weighted by atomic mass is 10.1. The van der Waals surface area contributed by atoms with E-state index in [1.54, 1.807) is 0 Å². The second kappa shape index (κ2) is 3.73. The van der Waals surface area contributed by atoms with E-state index in [0.29, 0.717) is 12.0 Å². The zero-order chi connectivity index (χ0) is 10.1. The molecule has 78 valence electrons. The Morgan fingerprint density at radius 2 is 2.43 bits per heavy atom. The van der Waals surface area contributed by atoms with Gasteiger partial charge in [-0.05, 0) is 33.7 Å². The number of fused-ring (bicyclic) bond motifs is 1. The normalized spacial score (nSPS) is 20.4. The molecule has 2 rings (SSSR count). The molecular formula is C11H19N3. The first-order valence-electron chi connectivity index (χ1n) is 5.44. The molecule has 1 aromatic heterocycles. The maximum atomic E-state index is 4.49. The molecule has 0 spiro atoms. The first-order valence-corrected chi connectivity index (χ1v) is 5.44. The lowest BCUT2D eigenvalue weighted by molar-refractivity contribution is 0.524. The van der Waals surface area contributed by atoms with Crippen molar-refractivity contribution in [1.82, 2.24) is 14.9 Å². The SMILES string of the molecule is CNCC1CCc2ncn(C(C)C)c21. The number of likely N-dealkylation sites (N-methyl/N-ethyl adjacent to an activating group) is 1. The molecule has 1 atom stereocenters. The molecule has 3 heteroatoms. The van der Waals surface area contributed by atoms with Crippen LogP contribution in [-0.2, 0) is 6.42 Å². The van der Waals surface area contributed by atoms with Gasteiger partial charge in [-0.15, -0.1) is 0 Å². The van der Waals surface area contributed by atoms with Crippen molar-refractivity contribution >= 4 is 0 Å². The first-order chi connectivity index (χ1) is 6.74. The molecule has 14 heavy (non-hydrogen) atoms. The summed E-state index contributed by atoms with van der Waals surface area (Å²) in [5.41, 5.74) is 2.79. The number of imidazole rings is 1. The Hall–Kier alpha value is -0.830. The van der Waals surface area contributed by atoms with Crippen molar-refractivity contribution in [2.75, 3.05) is 13.6 Å². The van der Waals surface area contributed by atoms with Crippen molar-refractivity contribution in [2.45, 2.75) is 38.6 Å². The van der Waals surface area contributed by atoms with Crippen LogP contribution in [0.5, 0.6) is 0 Å². The highest BCUT2D eigenvalue weighted by atomic mass is 15.1. The van der Waals surface area contributed by atoms with Gasteiger partial charge in [0.05, 0.1) is 12.0 Å². The highest BCUT2D eigenvalue weighted by Gasteiger charge is 2.27. The Kier molecular flexibility index (Phi) is 2.59. The summed E-state index contributed by atoms with van der Waals surface area (Å²) in [6.45, 7) is 5.51. The van der Waals surface area contributed by atoms with Gasteiger partial charge in [0.1, 0.15) is 0 Å². The van der Waals surface area contributed by atoms with Gasteiger partial charge in [-0.25, -0.2) is 4.98 Å². The quantitative estimate of drug-likeness (QED) is 0.792. The molecule has 0 aliphatic heterocycles. The van der Waals surface area contributed by atoms with E-state index < -0.39 is 0 Å². The van der Waals surface area contributed by atoms with Gasteiger partial charge in [0.15, 0.2) is 0 Å². The van der Waals surface area contributed by atoms with Gasteiger partial charge in [-0.1, -0.05) is 0 Å². The van der Waals surface area contributed by atoms with Crippen molar-refractivity contribution in [3.05, 3.63) is 17.7 Å². The summed E-state index contributed by atoms with van der Waals surface area (Å²) in [6.07, 6.45) is 4.41. The van der Waals surface area contributed by atoms with Crippen molar-refractivity contribution in [2.24, 2.45) is 0 Å². The highest BCUT2D eigenvalue weighted by molar-refractivity contribution is 5.25. The summed E-state index contributed by atoms with van der Waals surface area (Å²) in [6, 6.07) is 0.531. The standard InChI is InChI=1S/C11H19N3/c1-8(2)14-7-13-10-5-4-9(6-12-3)11(10)14/h7-9,12H,4-6H2,1-3H3. The predicted octanol–water partition coefficient (Wildman–Crippen LogP) is 1.71. The summed E-state index contributed by atoms with van der Waals surface area (Å²) in [5, 5.41) is 3.27. The fourth-order valence-electron chi connectivity index (χ4n) is 2.35. The Morgan fingerprint density at radius 1 is 1.64 bits per heavy atom. The third kappa shape index (κ3) is 1.46. The van der Waals surface area contributed by atoms with Gasteiger partial charge in [-0.2, -0.15) is 0 Å². The summed E-state index contributed by atoms with van der Waals surface area (Å²) in [7, 11) is 2.02. The van der Waals surface area contributed by atoms with E-state index in [9.17, 15) is 0 Å². The minimum atomic E-state index is 0.531. The molecule has 0 bridgehead atoms. The van der Waals surface area contributed by atoms with Gasteiger partial charge >= 0.3 is 0 Å². The van der Waals surface area contributed by atoms with E-state index in [0.717, 1.165) is 13.0 Å². The molecule has 0 fully saturated rings. The molecule has 1 aliphatic carbocycles. The van der Waals surface area contributed by atoms with Crippen LogP contribution in [0.1, 0.15) is 43.6 Å². The number of aromatic nitrogens is 2. The van der Waals surface area contributed by atoms with Crippen LogP contribution in [0.3, 0.4) is 0 Å². The van der Waals surface area contributed by atoms with Gasteiger partial charge in [0, 0.05) is 24.2 Å². The van der Waals surface area contributed by atoms with E-state index in [2.05, 4.69) is 28.7 Å². The van der Waals surface area contributed by atoms with Crippen LogP contribution >= 0.6 is 0 Å². The van der Waals surface area contributed by atoms with Crippen LogP contribution in [-0.4, -0.2) is 23.1 Å². The average molecular weight is 193 g/mol. The predicted molar refractivity (Wildman–Crippen MR) is 57.6 cm³/mol. The van der Waals surface area contributed by atoms with E-state index in [4.69, 9.17) is 0 Å². The number of rotatable bonds is 3. The second-order valence-corrected chi connectivity index (χ2v) is 4.37. The molecule has 0 aromatic carbocycles. The lowest BCUT2D eigenvalue weighted by Crippen LogP contribution is -2.18. The Morgan fingerprint density at radius 3 is 3.07 bits per heavy atom. The van der Waals surface area contributed by atoms with Crippen molar-refractivity contribution < 1.29 is 0 Å². The van der Waals surface area contributed by atoms with Crippen LogP contribution in [0.15, 0.2) is 6.33 Å². The second-order valence-electron chi connectivity index (χ2n) is 4.37. The summed E-state index contributed by atoms with van der Waals surface area (Å²) in [4.78, 5) is 4.49. The van der Waals surface area contributed by atoms with E-state index in [-0.39, 0.29) is 0 Å². The first kappa shape index (κ1) is 9.71. The van der Waals surface area contributed by atoms with Gasteiger partial charge in [-0.3, -0.25) is 0 Å². The zero-order valence-corrected chi connectivity index (χ0v) is 9.25. The number of aryl methyl sites for hydroxylation is 1. The monoisotopic (exact) mass is 193 g/mol. The lowest BCUT2D eigenvalue weighted by Gasteiger charge is -2.16. The zero-order valence-electron chi connectivity index (χ0n) is 9.25. The molecule has 1 aliphatic rings. The molecule has 0 amide bonds. The van der Waals surface area contributed by atoms with E-state index >= 15 is 0 Å². The van der Waals surface area contributed by atoms with Crippen LogP contribution in [0.4, 0.5) is 0 Å². The third-order valence-electron chi connectivity index (χ3n) is 3.03. The van der Waals surface area contributed by atoms with Crippen molar-refractivity contribution in [3.63, 3.8) is 0 Å². The largest absolute Gasteiger partial charge is 0.331 e. The van der Waals surface area contributed by atoms with Crippen LogP contribution in [0, 0.1) is 0 Å². The van der Waals surface area contributed by atoms with Crippen molar-refractivity contribution in [3.8, 4) is 0 Å².